The third-order valence-electron chi connectivity index (χ3n) is 5.76. The first-order valence-electron chi connectivity index (χ1n) is 9.88. The van der Waals surface area contributed by atoms with Gasteiger partial charge in [0.15, 0.2) is 0 Å². The number of hydrogen-bond donors (Lipinski definition) is 0. The molecule has 2 aliphatic rings. The van der Waals surface area contributed by atoms with E-state index in [1.807, 2.05) is 0 Å². The maximum absolute atomic E-state index is 12.9. The molecule has 2 heterocycles. The molecule has 2 aliphatic heterocycles. The van der Waals surface area contributed by atoms with Crippen LogP contribution in [-0.4, -0.2) is 73.0 Å². The lowest BCUT2D eigenvalue weighted by Crippen LogP contribution is -2.48. The lowest BCUT2D eigenvalue weighted by atomic mass is 9.97. The number of nitrogens with zero attached hydrogens (tertiary/aromatic N) is 3. The number of likely N-dealkylation sites (tertiary alicyclic amines) is 1. The van der Waals surface area contributed by atoms with Crippen LogP contribution in [0.15, 0.2) is 24.3 Å². The van der Waals surface area contributed by atoms with E-state index in [9.17, 15) is 4.79 Å². The summed E-state index contributed by atoms with van der Waals surface area (Å²) >= 11 is 0. The largest absolute Gasteiger partial charge is 0.339 e. The molecule has 4 heteroatoms. The first-order valence-corrected chi connectivity index (χ1v) is 9.88. The van der Waals surface area contributed by atoms with Gasteiger partial charge < -0.3 is 14.7 Å². The summed E-state index contributed by atoms with van der Waals surface area (Å²) in [6, 6.07) is 8.80. The molecule has 0 N–H and O–H groups in total. The number of benzene rings is 1. The monoisotopic (exact) mass is 343 g/mol. The summed E-state index contributed by atoms with van der Waals surface area (Å²) in [5.41, 5.74) is 2.38. The van der Waals surface area contributed by atoms with Crippen molar-refractivity contribution in [1.82, 2.24) is 14.7 Å². The second kappa shape index (κ2) is 8.81. The van der Waals surface area contributed by atoms with Crippen molar-refractivity contribution in [2.75, 3.05) is 46.3 Å². The Balaban J connectivity index is 1.53. The zero-order valence-corrected chi connectivity index (χ0v) is 15.9. The predicted octanol–water partition coefficient (Wildman–Crippen LogP) is 2.56. The first-order chi connectivity index (χ1) is 12.1. The Morgan fingerprint density at radius 3 is 2.68 bits per heavy atom. The summed E-state index contributed by atoms with van der Waals surface area (Å²) in [5.74, 6) is 0.314. The van der Waals surface area contributed by atoms with Gasteiger partial charge in [0.05, 0.1) is 6.42 Å². The van der Waals surface area contributed by atoms with Crippen LogP contribution in [0, 0.1) is 6.92 Å². The average molecular weight is 344 g/mol. The molecule has 1 aromatic carbocycles. The summed E-state index contributed by atoms with van der Waals surface area (Å²) in [7, 11) is 2.20. The van der Waals surface area contributed by atoms with E-state index in [-0.39, 0.29) is 0 Å². The Morgan fingerprint density at radius 2 is 1.92 bits per heavy atom. The number of aryl methyl sites for hydroxylation is 1. The van der Waals surface area contributed by atoms with E-state index in [2.05, 4.69) is 52.9 Å². The SMILES string of the molecule is Cc1cccc(CC(=O)N2CCCCC2CCN2CCN(C)CC2)c1. The summed E-state index contributed by atoms with van der Waals surface area (Å²) in [4.78, 5) is 20.0. The number of likely N-dealkylation sites (N-methyl/N-ethyl adjacent to an activating group) is 1. The van der Waals surface area contributed by atoms with Crippen LogP contribution in [0.3, 0.4) is 0 Å². The van der Waals surface area contributed by atoms with Crippen molar-refractivity contribution in [2.45, 2.75) is 45.1 Å². The Bertz CT molecular complexity index is 566. The maximum Gasteiger partial charge on any atom is 0.227 e. The van der Waals surface area contributed by atoms with E-state index in [1.54, 1.807) is 0 Å². The van der Waals surface area contributed by atoms with Crippen molar-refractivity contribution in [3.05, 3.63) is 35.4 Å². The molecule has 1 unspecified atom stereocenters. The molecule has 25 heavy (non-hydrogen) atoms. The van der Waals surface area contributed by atoms with Gasteiger partial charge in [-0.05, 0) is 45.2 Å². The molecule has 2 saturated heterocycles. The molecule has 0 aromatic heterocycles. The topological polar surface area (TPSA) is 26.8 Å². The lowest BCUT2D eigenvalue weighted by Gasteiger charge is -2.38. The number of piperidine rings is 1. The molecule has 0 radical (unpaired) electrons. The zero-order chi connectivity index (χ0) is 17.6. The van der Waals surface area contributed by atoms with Crippen molar-refractivity contribution in [3.63, 3.8) is 0 Å². The minimum atomic E-state index is 0.314. The molecule has 0 saturated carbocycles. The van der Waals surface area contributed by atoms with Crippen molar-refractivity contribution in [2.24, 2.45) is 0 Å². The molecule has 0 aliphatic carbocycles. The quantitative estimate of drug-likeness (QED) is 0.822. The van der Waals surface area contributed by atoms with Crippen LogP contribution in [0.1, 0.15) is 36.8 Å². The standard InChI is InChI=1S/C21H33N3O/c1-18-6-5-7-19(16-18)17-21(25)24-10-4-3-8-20(24)9-11-23-14-12-22(2)13-15-23/h5-7,16,20H,3-4,8-15,17H2,1-2H3. The lowest BCUT2D eigenvalue weighted by molar-refractivity contribution is -0.134. The van der Waals surface area contributed by atoms with Gasteiger partial charge in [-0.2, -0.15) is 0 Å². The Labute approximate surface area is 152 Å². The predicted molar refractivity (Wildman–Crippen MR) is 103 cm³/mol. The number of hydrogen-bond acceptors (Lipinski definition) is 3. The summed E-state index contributed by atoms with van der Waals surface area (Å²) in [5, 5.41) is 0. The van der Waals surface area contributed by atoms with E-state index < -0.39 is 0 Å². The van der Waals surface area contributed by atoms with Gasteiger partial charge in [0.2, 0.25) is 5.91 Å². The van der Waals surface area contributed by atoms with Gasteiger partial charge in [-0.15, -0.1) is 0 Å². The fourth-order valence-electron chi connectivity index (χ4n) is 4.13. The number of amides is 1. The molecule has 138 valence electrons. The molecular formula is C21H33N3O. The van der Waals surface area contributed by atoms with Crippen LogP contribution in [0.2, 0.25) is 0 Å². The highest BCUT2D eigenvalue weighted by atomic mass is 16.2. The molecule has 1 amide bonds. The van der Waals surface area contributed by atoms with Gasteiger partial charge >= 0.3 is 0 Å². The average Bonchev–Trinajstić information content (AvgIpc) is 2.61. The third kappa shape index (κ3) is 5.29. The van der Waals surface area contributed by atoms with Crippen molar-refractivity contribution >= 4 is 5.91 Å². The van der Waals surface area contributed by atoms with E-state index in [1.165, 1.54) is 44.6 Å². The first kappa shape index (κ1) is 18.4. The summed E-state index contributed by atoms with van der Waals surface area (Å²) in [6.45, 7) is 8.83. The van der Waals surface area contributed by atoms with Crippen LogP contribution >= 0.6 is 0 Å². The van der Waals surface area contributed by atoms with E-state index >= 15 is 0 Å². The Kier molecular flexibility index (Phi) is 6.49. The molecule has 1 atom stereocenters. The van der Waals surface area contributed by atoms with Gasteiger partial charge in [-0.1, -0.05) is 29.8 Å². The minimum absolute atomic E-state index is 0.314. The minimum Gasteiger partial charge on any atom is -0.339 e. The number of piperazine rings is 1. The highest BCUT2D eigenvalue weighted by molar-refractivity contribution is 5.79. The highest BCUT2D eigenvalue weighted by Gasteiger charge is 2.27. The zero-order valence-electron chi connectivity index (χ0n) is 15.9. The van der Waals surface area contributed by atoms with Crippen LogP contribution in [0.4, 0.5) is 0 Å². The molecule has 0 spiro atoms. The van der Waals surface area contributed by atoms with Gasteiger partial charge in [0.25, 0.3) is 0 Å². The van der Waals surface area contributed by atoms with Crippen LogP contribution < -0.4 is 0 Å². The highest BCUT2D eigenvalue weighted by Crippen LogP contribution is 2.21. The Hall–Kier alpha value is -1.39. The van der Waals surface area contributed by atoms with Crippen LogP contribution in [0.5, 0.6) is 0 Å². The third-order valence-corrected chi connectivity index (χ3v) is 5.76. The van der Waals surface area contributed by atoms with Gasteiger partial charge in [0, 0.05) is 45.3 Å². The van der Waals surface area contributed by atoms with Crippen molar-refractivity contribution in [1.29, 1.82) is 0 Å². The van der Waals surface area contributed by atoms with Crippen LogP contribution in [-0.2, 0) is 11.2 Å². The fraction of sp³-hybridized carbons (Fsp3) is 0.667. The van der Waals surface area contributed by atoms with Crippen LogP contribution in [0.25, 0.3) is 0 Å². The fourth-order valence-corrected chi connectivity index (χ4v) is 4.13. The van der Waals surface area contributed by atoms with Crippen molar-refractivity contribution in [3.8, 4) is 0 Å². The molecule has 2 fully saturated rings. The summed E-state index contributed by atoms with van der Waals surface area (Å²) in [6.07, 6.45) is 5.27. The van der Waals surface area contributed by atoms with Crippen molar-refractivity contribution < 1.29 is 4.79 Å². The molecule has 0 bridgehead atoms. The number of carbonyl (C=O) groups is 1. The Morgan fingerprint density at radius 1 is 1.12 bits per heavy atom. The molecule has 1 aromatic rings. The number of carbonyl (C=O) groups excluding carboxylic acids is 1. The molecule has 3 rings (SSSR count). The normalized spacial score (nSPS) is 23.0. The molecule has 4 nitrogen and oxygen atoms in total. The van der Waals surface area contributed by atoms with E-state index in [0.29, 0.717) is 18.4 Å². The van der Waals surface area contributed by atoms with Gasteiger partial charge in [0.1, 0.15) is 0 Å². The smallest absolute Gasteiger partial charge is 0.227 e. The van der Waals surface area contributed by atoms with E-state index in [0.717, 1.165) is 31.5 Å². The van der Waals surface area contributed by atoms with Gasteiger partial charge in [-0.25, -0.2) is 0 Å². The van der Waals surface area contributed by atoms with Gasteiger partial charge in [-0.3, -0.25) is 4.79 Å². The van der Waals surface area contributed by atoms with E-state index in [4.69, 9.17) is 0 Å². The maximum atomic E-state index is 12.9. The second-order valence-electron chi connectivity index (χ2n) is 7.84. The summed E-state index contributed by atoms with van der Waals surface area (Å²) < 4.78 is 0. The second-order valence-corrected chi connectivity index (χ2v) is 7.84. The number of rotatable bonds is 5. The molecular weight excluding hydrogens is 310 g/mol.